The van der Waals surface area contributed by atoms with Crippen LogP contribution in [-0.2, 0) is 5.41 Å². The van der Waals surface area contributed by atoms with Crippen LogP contribution in [0.3, 0.4) is 0 Å². The molecule has 0 aliphatic heterocycles. The van der Waals surface area contributed by atoms with E-state index in [1.807, 2.05) is 48.6 Å². The lowest BCUT2D eigenvalue weighted by Crippen LogP contribution is -2.23. The van der Waals surface area contributed by atoms with Crippen LogP contribution in [0.4, 0.5) is 0 Å². The third kappa shape index (κ3) is 3.91. The predicted octanol–water partition coefficient (Wildman–Crippen LogP) is 4.34. The van der Waals surface area contributed by atoms with Crippen molar-refractivity contribution in [3.05, 3.63) is 80.6 Å². The standard InChI is InChI=1S/C24H23N3O2S/c1-24(2,3)18-14-12-17(13-15-18)21-25-23-27(26-21)22(28)20(30-23)11-7-9-16-8-5-6-10-19(16)29-4/h5-15H,1-4H3. The van der Waals surface area contributed by atoms with Crippen molar-refractivity contribution in [1.82, 2.24) is 14.6 Å². The van der Waals surface area contributed by atoms with Crippen molar-refractivity contribution < 1.29 is 4.74 Å². The van der Waals surface area contributed by atoms with Gasteiger partial charge in [0.05, 0.1) is 11.6 Å². The molecule has 152 valence electrons. The first-order chi connectivity index (χ1) is 14.4. The first kappa shape index (κ1) is 20.0. The van der Waals surface area contributed by atoms with Crippen LogP contribution >= 0.6 is 11.3 Å². The predicted molar refractivity (Wildman–Crippen MR) is 123 cm³/mol. The van der Waals surface area contributed by atoms with Crippen molar-refractivity contribution in [2.75, 3.05) is 7.11 Å². The number of hydrogen-bond acceptors (Lipinski definition) is 5. The zero-order chi connectivity index (χ0) is 21.3. The molecule has 0 fully saturated rings. The summed E-state index contributed by atoms with van der Waals surface area (Å²) in [5.74, 6) is 1.35. The number of fused-ring (bicyclic) bond motifs is 1. The van der Waals surface area contributed by atoms with Crippen molar-refractivity contribution in [2.45, 2.75) is 26.2 Å². The minimum absolute atomic E-state index is 0.0880. The minimum atomic E-state index is -0.162. The zero-order valence-corrected chi connectivity index (χ0v) is 18.2. The van der Waals surface area contributed by atoms with E-state index in [4.69, 9.17) is 4.74 Å². The summed E-state index contributed by atoms with van der Waals surface area (Å²) in [6.07, 6.45) is 5.54. The van der Waals surface area contributed by atoms with Crippen molar-refractivity contribution in [3.8, 4) is 17.1 Å². The number of aromatic nitrogens is 3. The third-order valence-electron chi connectivity index (χ3n) is 4.85. The summed E-state index contributed by atoms with van der Waals surface area (Å²) in [5, 5.41) is 4.43. The van der Waals surface area contributed by atoms with E-state index in [0.29, 0.717) is 15.3 Å². The van der Waals surface area contributed by atoms with Crippen molar-refractivity contribution in [2.24, 2.45) is 0 Å². The van der Waals surface area contributed by atoms with E-state index < -0.39 is 0 Å². The molecule has 4 rings (SSSR count). The first-order valence-electron chi connectivity index (χ1n) is 9.69. The van der Waals surface area contributed by atoms with Gasteiger partial charge in [-0.3, -0.25) is 4.79 Å². The van der Waals surface area contributed by atoms with E-state index >= 15 is 0 Å². The largest absolute Gasteiger partial charge is 0.496 e. The molecule has 0 saturated carbocycles. The summed E-state index contributed by atoms with van der Waals surface area (Å²) >= 11 is 1.33. The molecule has 0 saturated heterocycles. The van der Waals surface area contributed by atoms with Gasteiger partial charge in [0.15, 0.2) is 5.82 Å². The molecule has 6 heteroatoms. The van der Waals surface area contributed by atoms with Crippen LogP contribution in [0, 0.1) is 0 Å². The fraction of sp³-hybridized carbons (Fsp3) is 0.208. The average Bonchev–Trinajstić information content (AvgIpc) is 3.27. The molecule has 0 aliphatic carbocycles. The maximum atomic E-state index is 12.7. The Morgan fingerprint density at radius 3 is 2.47 bits per heavy atom. The van der Waals surface area contributed by atoms with Crippen LogP contribution in [0.15, 0.2) is 59.4 Å². The Balaban J connectivity index is 1.63. The summed E-state index contributed by atoms with van der Waals surface area (Å²) in [5.41, 5.74) is 3.02. The average molecular weight is 418 g/mol. The van der Waals surface area contributed by atoms with Gasteiger partial charge in [0.2, 0.25) is 4.96 Å². The van der Waals surface area contributed by atoms with E-state index in [2.05, 4.69) is 43.0 Å². The van der Waals surface area contributed by atoms with E-state index in [-0.39, 0.29) is 11.0 Å². The maximum absolute atomic E-state index is 12.7. The first-order valence-corrected chi connectivity index (χ1v) is 10.5. The highest BCUT2D eigenvalue weighted by molar-refractivity contribution is 7.15. The molecule has 4 aromatic rings. The van der Waals surface area contributed by atoms with Gasteiger partial charge < -0.3 is 4.74 Å². The van der Waals surface area contributed by atoms with Crippen molar-refractivity contribution >= 4 is 28.4 Å². The van der Waals surface area contributed by atoms with Gasteiger partial charge in [-0.25, -0.2) is 0 Å². The molecule has 0 atom stereocenters. The molecule has 2 heterocycles. The molecule has 2 aromatic heterocycles. The van der Waals surface area contributed by atoms with Crippen LogP contribution in [0.1, 0.15) is 31.9 Å². The molecule has 0 aliphatic rings. The van der Waals surface area contributed by atoms with Crippen molar-refractivity contribution in [1.29, 1.82) is 0 Å². The molecule has 0 bridgehead atoms. The third-order valence-corrected chi connectivity index (χ3v) is 5.83. The second kappa shape index (κ2) is 7.88. The number of para-hydroxylation sites is 1. The Labute approximate surface area is 179 Å². The van der Waals surface area contributed by atoms with Gasteiger partial charge >= 0.3 is 0 Å². The number of methoxy groups -OCH3 is 1. The summed E-state index contributed by atoms with van der Waals surface area (Å²) < 4.78 is 7.30. The lowest BCUT2D eigenvalue weighted by molar-refractivity contribution is 0.414. The molecule has 30 heavy (non-hydrogen) atoms. The van der Waals surface area contributed by atoms with Gasteiger partial charge in [-0.2, -0.15) is 9.50 Å². The van der Waals surface area contributed by atoms with E-state index in [0.717, 1.165) is 16.9 Å². The van der Waals surface area contributed by atoms with Crippen LogP contribution in [0.2, 0.25) is 0 Å². The van der Waals surface area contributed by atoms with E-state index in [1.54, 1.807) is 13.2 Å². The molecule has 0 N–H and O–H groups in total. The van der Waals surface area contributed by atoms with Gasteiger partial charge in [0.25, 0.3) is 5.56 Å². The molecule has 0 spiro atoms. The number of benzene rings is 2. The quantitative estimate of drug-likeness (QED) is 0.496. The lowest BCUT2D eigenvalue weighted by Gasteiger charge is -2.18. The van der Waals surface area contributed by atoms with Gasteiger partial charge in [0, 0.05) is 11.1 Å². The maximum Gasteiger partial charge on any atom is 0.291 e. The van der Waals surface area contributed by atoms with Crippen molar-refractivity contribution in [3.63, 3.8) is 0 Å². The lowest BCUT2D eigenvalue weighted by atomic mass is 9.87. The molecule has 0 unspecified atom stereocenters. The summed E-state index contributed by atoms with van der Waals surface area (Å²) in [6, 6.07) is 15.9. The molecule has 5 nitrogen and oxygen atoms in total. The van der Waals surface area contributed by atoms with Crippen LogP contribution in [0.25, 0.3) is 28.5 Å². The second-order valence-corrected chi connectivity index (χ2v) is 9.01. The van der Waals surface area contributed by atoms with E-state index in [1.165, 1.54) is 21.4 Å². The number of ether oxygens (including phenoxy) is 1. The van der Waals surface area contributed by atoms with Crippen LogP contribution in [-0.4, -0.2) is 21.7 Å². The van der Waals surface area contributed by atoms with Gasteiger partial charge in [-0.1, -0.05) is 86.7 Å². The van der Waals surface area contributed by atoms with Gasteiger partial charge in [0.1, 0.15) is 5.75 Å². The highest BCUT2D eigenvalue weighted by Crippen LogP contribution is 2.25. The molecular formula is C24H23N3O2S. The Morgan fingerprint density at radius 1 is 1.07 bits per heavy atom. The summed E-state index contributed by atoms with van der Waals surface area (Å²) in [6.45, 7) is 6.53. The van der Waals surface area contributed by atoms with Gasteiger partial charge in [-0.15, -0.1) is 5.10 Å². The Kier molecular flexibility index (Phi) is 5.26. The number of rotatable bonds is 4. The summed E-state index contributed by atoms with van der Waals surface area (Å²) in [4.78, 5) is 17.9. The number of thiazole rings is 1. The molecule has 0 radical (unpaired) electrons. The fourth-order valence-corrected chi connectivity index (χ4v) is 3.99. The molecular weight excluding hydrogens is 394 g/mol. The summed E-state index contributed by atoms with van der Waals surface area (Å²) in [7, 11) is 1.64. The monoisotopic (exact) mass is 417 g/mol. The normalized spacial score (nSPS) is 12.9. The minimum Gasteiger partial charge on any atom is -0.496 e. The number of nitrogens with zero attached hydrogens (tertiary/aromatic N) is 3. The molecule has 2 aromatic carbocycles. The number of allylic oxidation sites excluding steroid dienone is 1. The van der Waals surface area contributed by atoms with Gasteiger partial charge in [-0.05, 0) is 23.1 Å². The SMILES string of the molecule is COc1ccccc1C=CC=c1sc2nc(-c3ccc(C(C)(C)C)cc3)nn2c1=O. The Morgan fingerprint density at radius 2 is 1.80 bits per heavy atom. The second-order valence-electron chi connectivity index (χ2n) is 8.00. The smallest absolute Gasteiger partial charge is 0.291 e. The Hall–Kier alpha value is -3.25. The number of hydrogen-bond donors (Lipinski definition) is 0. The fourth-order valence-electron chi connectivity index (χ4n) is 3.13. The Bertz CT molecular complexity index is 1330. The highest BCUT2D eigenvalue weighted by Gasteiger charge is 2.15. The molecule has 0 amide bonds. The zero-order valence-electron chi connectivity index (χ0n) is 17.4. The van der Waals surface area contributed by atoms with Crippen LogP contribution < -0.4 is 14.8 Å². The highest BCUT2D eigenvalue weighted by atomic mass is 32.1. The topological polar surface area (TPSA) is 56.5 Å². The van der Waals surface area contributed by atoms with E-state index in [9.17, 15) is 4.79 Å². The van der Waals surface area contributed by atoms with Crippen LogP contribution in [0.5, 0.6) is 5.75 Å².